The molecule has 0 bridgehead atoms. The van der Waals surface area contributed by atoms with E-state index < -0.39 is 0 Å². The maximum Gasteiger partial charge on any atom is 0.118 e. The van der Waals surface area contributed by atoms with Crippen LogP contribution in [0, 0.1) is 5.38 Å². The molecule has 1 aliphatic carbocycles. The standard InChI is InChI=1S/C7H6Cl.ClH.Zn/c1-6-4-2-3-5-7(6)8;;/h2,4-5H,1H3;1H;/p-1. The Morgan fingerprint density at radius 1 is 1.50 bits per heavy atom. The smallest absolute Gasteiger partial charge is 0.118 e. The molecule has 1 rings (SSSR count). The summed E-state index contributed by atoms with van der Waals surface area (Å²) in [6.45, 7) is 1.97. The van der Waals surface area contributed by atoms with Gasteiger partial charge in [0.05, 0.1) is 0 Å². The van der Waals surface area contributed by atoms with Crippen LogP contribution < -0.4 is 12.4 Å². The predicted octanol–water partition coefficient (Wildman–Crippen LogP) is -0.570. The van der Waals surface area contributed by atoms with Crippen molar-refractivity contribution in [1.29, 1.82) is 0 Å². The van der Waals surface area contributed by atoms with Crippen LogP contribution in [-0.4, -0.2) is 0 Å². The fourth-order valence-corrected chi connectivity index (χ4v) is 0.614. The molecule has 0 N–H and O–H groups in total. The predicted molar refractivity (Wildman–Crippen MR) is 35.5 cm³/mol. The molecule has 0 amide bonds. The van der Waals surface area contributed by atoms with Gasteiger partial charge in [-0.3, -0.25) is 0 Å². The van der Waals surface area contributed by atoms with Crippen LogP contribution in [0.5, 0.6) is 0 Å². The molecule has 1 aliphatic rings. The van der Waals surface area contributed by atoms with Crippen molar-refractivity contribution in [2.75, 3.05) is 0 Å². The summed E-state index contributed by atoms with van der Waals surface area (Å²) in [6, 6.07) is 0. The first-order valence-electron chi connectivity index (χ1n) is 2.43. The van der Waals surface area contributed by atoms with Crippen molar-refractivity contribution in [1.82, 2.24) is 0 Å². The summed E-state index contributed by atoms with van der Waals surface area (Å²) in [4.78, 5) is 0. The molecule has 0 spiro atoms. The van der Waals surface area contributed by atoms with Gasteiger partial charge in [-0.15, -0.1) is 17.3 Å². The molecular weight excluding hydrogens is 220 g/mol. The molecule has 3 heteroatoms. The minimum Gasteiger partial charge on any atom is -1.00 e. The number of hydrogen-bond donors (Lipinski definition) is 0. The zero-order chi connectivity index (χ0) is 5.98. The minimum absolute atomic E-state index is 0. The van der Waals surface area contributed by atoms with Crippen LogP contribution in [0.15, 0.2) is 29.5 Å². The van der Waals surface area contributed by atoms with Gasteiger partial charge in [0.15, 0.2) is 0 Å². The Bertz CT molecular complexity index is 178. The molecule has 0 aromatic rings. The van der Waals surface area contributed by atoms with Gasteiger partial charge in [0.25, 0.3) is 0 Å². The summed E-state index contributed by atoms with van der Waals surface area (Å²) >= 11 is 5.68. The largest absolute Gasteiger partial charge is 1.00 e. The molecule has 0 nitrogen and oxygen atoms in total. The maximum absolute atomic E-state index is 5.68. The number of halogens is 2. The molecule has 0 atom stereocenters. The monoisotopic (exact) mass is 224 g/mol. The van der Waals surface area contributed by atoms with Crippen molar-refractivity contribution >= 4 is 11.6 Å². The van der Waals surface area contributed by atoms with Crippen LogP contribution in [0.25, 0.3) is 0 Å². The van der Waals surface area contributed by atoms with Crippen molar-refractivity contribution in [3.05, 3.63) is 34.9 Å². The normalized spacial score (nSPS) is 15.2. The first-order valence-corrected chi connectivity index (χ1v) is 2.80. The van der Waals surface area contributed by atoms with E-state index in [-0.39, 0.29) is 31.9 Å². The van der Waals surface area contributed by atoms with Crippen molar-refractivity contribution in [2.24, 2.45) is 0 Å². The van der Waals surface area contributed by atoms with Crippen LogP contribution in [0.4, 0.5) is 0 Å². The first kappa shape index (κ1) is 13.1. The molecule has 1 radical (unpaired) electrons. The van der Waals surface area contributed by atoms with Gasteiger partial charge in [-0.05, 0) is 24.6 Å². The summed E-state index contributed by atoms with van der Waals surface area (Å²) in [5.74, 6) is 0. The summed E-state index contributed by atoms with van der Waals surface area (Å²) in [7, 11) is 0. The van der Waals surface area contributed by atoms with Gasteiger partial charge in [0.1, 0.15) is 5.38 Å². The van der Waals surface area contributed by atoms with E-state index in [1.165, 1.54) is 0 Å². The molecule has 0 unspecified atom stereocenters. The topological polar surface area (TPSA) is 0 Å². The second kappa shape index (κ2) is 6.19. The third-order valence-electron chi connectivity index (χ3n) is 1.02. The molecule has 0 heterocycles. The Labute approximate surface area is 85.2 Å². The molecule has 0 saturated heterocycles. The molecule has 0 aliphatic heterocycles. The Kier molecular flexibility index (Phi) is 8.10. The van der Waals surface area contributed by atoms with Crippen molar-refractivity contribution < 1.29 is 31.9 Å². The third kappa shape index (κ3) is 3.59. The van der Waals surface area contributed by atoms with Crippen LogP contribution >= 0.6 is 11.6 Å². The van der Waals surface area contributed by atoms with Gasteiger partial charge in [-0.25, -0.2) is 0 Å². The molecule has 0 saturated carbocycles. The second-order valence-electron chi connectivity index (χ2n) is 1.68. The van der Waals surface area contributed by atoms with Crippen LogP contribution in [0.2, 0.25) is 0 Å². The Hall–Kier alpha value is 0.463. The Balaban J connectivity index is 0. The van der Waals surface area contributed by atoms with Crippen LogP contribution in [-0.2, 0) is 19.5 Å². The zero-order valence-corrected chi connectivity index (χ0v) is 10.2. The zero-order valence-electron chi connectivity index (χ0n) is 5.70. The average molecular weight is 226 g/mol. The molecule has 0 fully saturated rings. The third-order valence-corrected chi connectivity index (χ3v) is 1.42. The van der Waals surface area contributed by atoms with Crippen LogP contribution in [0.1, 0.15) is 6.92 Å². The van der Waals surface area contributed by atoms with Crippen LogP contribution in [0.3, 0.4) is 0 Å². The van der Waals surface area contributed by atoms with Crippen molar-refractivity contribution in [3.63, 3.8) is 0 Å². The number of hydrogen-bond acceptors (Lipinski definition) is 0. The maximum atomic E-state index is 5.68. The number of allylic oxidation sites excluding steroid dienone is 3. The van der Waals surface area contributed by atoms with E-state index in [0.29, 0.717) is 0 Å². The minimum atomic E-state index is 0. The van der Waals surface area contributed by atoms with Crippen molar-refractivity contribution in [3.8, 4) is 0 Å². The van der Waals surface area contributed by atoms with E-state index >= 15 is 0 Å². The summed E-state index contributed by atoms with van der Waals surface area (Å²) in [5, 5.41) is 0.785. The second-order valence-corrected chi connectivity index (χ2v) is 2.08. The molecular formula is C7H6Cl2Zn-. The quantitative estimate of drug-likeness (QED) is 0.383. The molecule has 10 heavy (non-hydrogen) atoms. The average Bonchev–Trinajstić information content (AvgIpc) is 1.77. The SMILES string of the molecule is CC1=CC=C=C[C]1Cl.[Cl-].[Zn]. The Morgan fingerprint density at radius 2 is 2.10 bits per heavy atom. The summed E-state index contributed by atoms with van der Waals surface area (Å²) < 4.78 is 0. The molecule has 0 aromatic carbocycles. The fraction of sp³-hybridized carbons (Fsp3) is 0.143. The van der Waals surface area contributed by atoms with E-state index in [4.69, 9.17) is 11.6 Å². The molecule has 0 aromatic heterocycles. The molecule has 51 valence electrons. The van der Waals surface area contributed by atoms with Crippen molar-refractivity contribution in [2.45, 2.75) is 6.92 Å². The van der Waals surface area contributed by atoms with E-state index in [9.17, 15) is 0 Å². The van der Waals surface area contributed by atoms with Gasteiger partial charge in [0, 0.05) is 19.5 Å². The van der Waals surface area contributed by atoms with Gasteiger partial charge in [-0.1, -0.05) is 6.08 Å². The van der Waals surface area contributed by atoms with E-state index in [1.54, 1.807) is 6.08 Å². The Morgan fingerprint density at radius 3 is 2.40 bits per heavy atom. The van der Waals surface area contributed by atoms with Gasteiger partial charge >= 0.3 is 0 Å². The van der Waals surface area contributed by atoms with E-state index in [1.807, 2.05) is 19.1 Å². The fourth-order valence-electron chi connectivity index (χ4n) is 0.488. The number of rotatable bonds is 0. The van der Waals surface area contributed by atoms with Gasteiger partial charge in [-0.2, -0.15) is 0 Å². The summed E-state index contributed by atoms with van der Waals surface area (Å²) in [5.41, 5.74) is 3.97. The van der Waals surface area contributed by atoms with E-state index in [0.717, 1.165) is 11.0 Å². The summed E-state index contributed by atoms with van der Waals surface area (Å²) in [6.07, 6.45) is 5.54. The first-order chi connectivity index (χ1) is 3.80. The van der Waals surface area contributed by atoms with Gasteiger partial charge < -0.3 is 12.4 Å². The van der Waals surface area contributed by atoms with Gasteiger partial charge in [0.2, 0.25) is 0 Å². The van der Waals surface area contributed by atoms with E-state index in [2.05, 4.69) is 5.73 Å².